The summed E-state index contributed by atoms with van der Waals surface area (Å²) in [5.74, 6) is -0.0502. The number of anilines is 1. The van der Waals surface area contributed by atoms with Gasteiger partial charge in [-0.2, -0.15) is 5.10 Å². The van der Waals surface area contributed by atoms with Crippen LogP contribution in [0.25, 0.3) is 5.52 Å². The third kappa shape index (κ3) is 2.45. The van der Waals surface area contributed by atoms with Crippen LogP contribution >= 0.6 is 0 Å². The van der Waals surface area contributed by atoms with Crippen LogP contribution in [-0.2, 0) is 4.79 Å². The summed E-state index contributed by atoms with van der Waals surface area (Å²) >= 11 is 0. The highest BCUT2D eigenvalue weighted by molar-refractivity contribution is 5.84. The Bertz CT molecular complexity index is 635. The molecule has 6 heteroatoms. The van der Waals surface area contributed by atoms with E-state index >= 15 is 0 Å². The van der Waals surface area contributed by atoms with Gasteiger partial charge in [-0.05, 0) is 25.3 Å². The molecule has 0 aliphatic carbocycles. The number of aliphatic carboxylic acids is 1. The monoisotopic (exact) mass is 276 g/mol. The van der Waals surface area contributed by atoms with E-state index in [1.165, 1.54) is 0 Å². The maximum atomic E-state index is 11.4. The molecule has 6 nitrogen and oxygen atoms in total. The van der Waals surface area contributed by atoms with Crippen LogP contribution in [0.5, 0.6) is 0 Å². The molecule has 2 heterocycles. The fraction of sp³-hybridized carbons (Fsp3) is 0.500. The second-order valence-electron chi connectivity index (χ2n) is 5.45. The number of aromatic nitrogens is 3. The fourth-order valence-electron chi connectivity index (χ4n) is 1.87. The second-order valence-corrected chi connectivity index (χ2v) is 5.45. The number of hydrogen-bond donors (Lipinski definition) is 2. The topological polar surface area (TPSA) is 79.5 Å². The Morgan fingerprint density at radius 3 is 2.80 bits per heavy atom. The molecule has 2 N–H and O–H groups in total. The van der Waals surface area contributed by atoms with Crippen LogP contribution in [0.3, 0.4) is 0 Å². The van der Waals surface area contributed by atoms with Crippen LogP contribution in [0, 0.1) is 0 Å². The summed E-state index contributed by atoms with van der Waals surface area (Å²) in [5.41, 5.74) is 0.698. The summed E-state index contributed by atoms with van der Waals surface area (Å²) < 4.78 is 1.72. The number of nitrogens with zero attached hydrogens (tertiary/aromatic N) is 3. The Hall–Kier alpha value is -2.11. The van der Waals surface area contributed by atoms with Gasteiger partial charge in [0.15, 0.2) is 5.82 Å². The molecular formula is C14H20N4O2. The molecule has 20 heavy (non-hydrogen) atoms. The molecule has 2 rings (SSSR count). The summed E-state index contributed by atoms with van der Waals surface area (Å²) in [4.78, 5) is 15.7. The fourth-order valence-corrected chi connectivity index (χ4v) is 1.87. The van der Waals surface area contributed by atoms with E-state index in [2.05, 4.69) is 29.2 Å². The van der Waals surface area contributed by atoms with Crippen molar-refractivity contribution in [3.8, 4) is 0 Å². The number of hydrogen-bond acceptors (Lipinski definition) is 4. The smallest absolute Gasteiger partial charge is 0.329 e. The largest absolute Gasteiger partial charge is 0.480 e. The Balaban J connectivity index is 2.47. The van der Waals surface area contributed by atoms with E-state index in [9.17, 15) is 9.90 Å². The molecule has 2 aromatic rings. The lowest BCUT2D eigenvalue weighted by Gasteiger charge is -2.25. The highest BCUT2D eigenvalue weighted by atomic mass is 16.4. The van der Waals surface area contributed by atoms with Gasteiger partial charge in [0.25, 0.3) is 0 Å². The first-order chi connectivity index (χ1) is 9.37. The molecular weight excluding hydrogens is 256 g/mol. The van der Waals surface area contributed by atoms with Crippen molar-refractivity contribution in [3.05, 3.63) is 24.2 Å². The van der Waals surface area contributed by atoms with Crippen LogP contribution in [0.15, 0.2) is 18.5 Å². The van der Waals surface area contributed by atoms with Crippen LogP contribution in [0.2, 0.25) is 0 Å². The zero-order chi connectivity index (χ0) is 14.9. The predicted molar refractivity (Wildman–Crippen MR) is 77.0 cm³/mol. The highest BCUT2D eigenvalue weighted by Crippen LogP contribution is 2.24. The normalized spacial score (nSPS) is 14.4. The Labute approximate surface area is 117 Å². The van der Waals surface area contributed by atoms with Gasteiger partial charge in [0.05, 0.1) is 5.69 Å². The average Bonchev–Trinajstić information content (AvgIpc) is 2.83. The summed E-state index contributed by atoms with van der Waals surface area (Å²) in [6.45, 7) is 7.61. The minimum absolute atomic E-state index is 0.305. The number of carbonyl (C=O) groups is 1. The number of carboxylic acid groups (broad SMARTS) is 1. The summed E-state index contributed by atoms with van der Waals surface area (Å²) in [6, 6.07) is 1.94. The SMILES string of the molecule is CCC(C)(Nc1nccn2nc(C(C)C)cc12)C(=O)O. The van der Waals surface area contributed by atoms with Gasteiger partial charge in [-0.3, -0.25) is 0 Å². The minimum Gasteiger partial charge on any atom is -0.480 e. The average molecular weight is 276 g/mol. The maximum absolute atomic E-state index is 11.4. The van der Waals surface area contributed by atoms with Gasteiger partial charge >= 0.3 is 5.97 Å². The van der Waals surface area contributed by atoms with E-state index in [1.54, 1.807) is 23.8 Å². The number of rotatable bonds is 5. The number of nitrogens with one attached hydrogen (secondary N) is 1. The lowest BCUT2D eigenvalue weighted by atomic mass is 9.99. The van der Waals surface area contributed by atoms with Gasteiger partial charge in [-0.1, -0.05) is 20.8 Å². The molecule has 0 saturated carbocycles. The van der Waals surface area contributed by atoms with Crippen molar-refractivity contribution < 1.29 is 9.90 Å². The highest BCUT2D eigenvalue weighted by Gasteiger charge is 2.32. The molecule has 108 valence electrons. The standard InChI is InChI=1S/C14H20N4O2/c1-5-14(4,13(19)20)16-12-11-8-10(9(2)3)17-18(11)7-6-15-12/h6-9H,5H2,1-4H3,(H,15,16)(H,19,20). The first-order valence-corrected chi connectivity index (χ1v) is 6.73. The molecule has 0 aliphatic rings. The van der Waals surface area contributed by atoms with Gasteiger partial charge in [-0.25, -0.2) is 14.3 Å². The maximum Gasteiger partial charge on any atom is 0.329 e. The molecule has 0 aliphatic heterocycles. The van der Waals surface area contributed by atoms with Crippen molar-refractivity contribution in [2.24, 2.45) is 0 Å². The Kier molecular flexibility index (Phi) is 3.65. The molecule has 0 amide bonds. The van der Waals surface area contributed by atoms with E-state index in [-0.39, 0.29) is 0 Å². The van der Waals surface area contributed by atoms with Crippen molar-refractivity contribution in [2.45, 2.75) is 45.6 Å². The van der Waals surface area contributed by atoms with Crippen molar-refractivity contribution in [1.82, 2.24) is 14.6 Å². The third-order valence-corrected chi connectivity index (χ3v) is 3.57. The molecule has 1 atom stereocenters. The van der Waals surface area contributed by atoms with Crippen molar-refractivity contribution in [1.29, 1.82) is 0 Å². The van der Waals surface area contributed by atoms with Crippen molar-refractivity contribution in [2.75, 3.05) is 5.32 Å². The van der Waals surface area contributed by atoms with Gasteiger partial charge in [-0.15, -0.1) is 0 Å². The lowest BCUT2D eigenvalue weighted by Crippen LogP contribution is -2.43. The van der Waals surface area contributed by atoms with E-state index in [4.69, 9.17) is 0 Å². The van der Waals surface area contributed by atoms with E-state index in [0.717, 1.165) is 11.2 Å². The molecule has 1 unspecified atom stereocenters. The van der Waals surface area contributed by atoms with Gasteiger partial charge in [0.2, 0.25) is 0 Å². The molecule has 0 bridgehead atoms. The first-order valence-electron chi connectivity index (χ1n) is 6.73. The van der Waals surface area contributed by atoms with Gasteiger partial charge in [0, 0.05) is 12.4 Å². The van der Waals surface area contributed by atoms with Crippen molar-refractivity contribution >= 4 is 17.3 Å². The minimum atomic E-state index is -1.04. The number of fused-ring (bicyclic) bond motifs is 1. The molecule has 0 radical (unpaired) electrons. The zero-order valence-electron chi connectivity index (χ0n) is 12.2. The van der Waals surface area contributed by atoms with Gasteiger partial charge < -0.3 is 10.4 Å². The second kappa shape index (κ2) is 5.11. The van der Waals surface area contributed by atoms with Crippen LogP contribution in [0.4, 0.5) is 5.82 Å². The van der Waals surface area contributed by atoms with E-state index in [0.29, 0.717) is 18.2 Å². The summed E-state index contributed by atoms with van der Waals surface area (Å²) in [5, 5.41) is 16.8. The first kappa shape index (κ1) is 14.3. The molecule has 0 fully saturated rings. The quantitative estimate of drug-likeness (QED) is 0.877. The predicted octanol–water partition coefficient (Wildman–Crippen LogP) is 2.52. The van der Waals surface area contributed by atoms with Crippen LogP contribution in [0.1, 0.15) is 45.7 Å². The third-order valence-electron chi connectivity index (χ3n) is 3.57. The summed E-state index contributed by atoms with van der Waals surface area (Å²) in [6.07, 6.45) is 3.83. The van der Waals surface area contributed by atoms with Gasteiger partial charge in [0.1, 0.15) is 11.1 Å². The Morgan fingerprint density at radius 1 is 1.55 bits per heavy atom. The molecule has 0 aromatic carbocycles. The van der Waals surface area contributed by atoms with Crippen molar-refractivity contribution in [3.63, 3.8) is 0 Å². The number of carboxylic acids is 1. The van der Waals surface area contributed by atoms with E-state index < -0.39 is 11.5 Å². The van der Waals surface area contributed by atoms with Crippen LogP contribution < -0.4 is 5.32 Å². The zero-order valence-corrected chi connectivity index (χ0v) is 12.2. The molecule has 0 spiro atoms. The Morgan fingerprint density at radius 2 is 2.25 bits per heavy atom. The molecule has 0 saturated heterocycles. The van der Waals surface area contributed by atoms with E-state index in [1.807, 2.05) is 13.0 Å². The summed E-state index contributed by atoms with van der Waals surface area (Å²) in [7, 11) is 0. The molecule has 2 aromatic heterocycles. The van der Waals surface area contributed by atoms with Crippen LogP contribution in [-0.4, -0.2) is 31.2 Å². The lowest BCUT2D eigenvalue weighted by molar-refractivity contribution is -0.141.